The maximum atomic E-state index is 13.7. The van der Waals surface area contributed by atoms with Crippen molar-refractivity contribution >= 4 is 17.5 Å². The van der Waals surface area contributed by atoms with Gasteiger partial charge in [0.2, 0.25) is 0 Å². The molecule has 11 heteroatoms. The van der Waals surface area contributed by atoms with E-state index in [1.807, 2.05) is 43.3 Å². The van der Waals surface area contributed by atoms with E-state index in [1.165, 1.54) is 0 Å². The fraction of sp³-hybridized carbons (Fsp3) is 0.333. The molecule has 2 aromatic carbocycles. The monoisotopic (exact) mass is 566 g/mol. The number of anilines is 1. The first-order valence-electron chi connectivity index (χ1n) is 13.5. The van der Waals surface area contributed by atoms with Crippen LogP contribution in [0.15, 0.2) is 72.7 Å². The number of alkyl halides is 3. The normalized spacial score (nSPS) is 19.0. The van der Waals surface area contributed by atoms with Crippen molar-refractivity contribution in [3.8, 4) is 0 Å². The molecule has 2 aromatic rings. The number of benzene rings is 2. The Kier molecular flexibility index (Phi) is 8.18. The van der Waals surface area contributed by atoms with Gasteiger partial charge in [-0.3, -0.25) is 14.5 Å². The molecule has 5 rings (SSSR count). The van der Waals surface area contributed by atoms with Crippen LogP contribution in [0.5, 0.6) is 0 Å². The van der Waals surface area contributed by atoms with Gasteiger partial charge >= 0.3 is 6.18 Å². The molecule has 3 aliphatic heterocycles. The van der Waals surface area contributed by atoms with E-state index >= 15 is 0 Å². The molecule has 0 saturated carbocycles. The molecule has 0 radical (unpaired) electrons. The molecule has 0 aliphatic carbocycles. The van der Waals surface area contributed by atoms with Gasteiger partial charge in [0.25, 0.3) is 11.8 Å². The minimum atomic E-state index is -4.54. The second kappa shape index (κ2) is 11.8. The lowest BCUT2D eigenvalue weighted by Crippen LogP contribution is -2.43. The number of halogens is 3. The lowest BCUT2D eigenvalue weighted by atomic mass is 10.0. The van der Waals surface area contributed by atoms with E-state index < -0.39 is 17.6 Å². The first-order chi connectivity index (χ1) is 19.6. The van der Waals surface area contributed by atoms with Crippen LogP contribution in [0.1, 0.15) is 32.6 Å². The quantitative estimate of drug-likeness (QED) is 0.474. The zero-order chi connectivity index (χ0) is 29.1. The molecule has 8 nitrogen and oxygen atoms in total. The van der Waals surface area contributed by atoms with Gasteiger partial charge in [-0.05, 0) is 73.1 Å². The highest BCUT2D eigenvalue weighted by Crippen LogP contribution is 2.32. The Balaban J connectivity index is 1.27. The van der Waals surface area contributed by atoms with Crippen LogP contribution in [-0.4, -0.2) is 65.9 Å². The van der Waals surface area contributed by atoms with Gasteiger partial charge < -0.3 is 25.8 Å². The van der Waals surface area contributed by atoms with Crippen molar-refractivity contribution in [2.45, 2.75) is 32.4 Å². The first kappa shape index (κ1) is 28.4. The molecule has 1 unspecified atom stereocenters. The van der Waals surface area contributed by atoms with Gasteiger partial charge in [-0.15, -0.1) is 0 Å². The number of carbonyl (C=O) groups is 2. The second-order valence-corrected chi connectivity index (χ2v) is 10.5. The van der Waals surface area contributed by atoms with Crippen LogP contribution in [0.25, 0.3) is 0 Å². The molecule has 2 amide bonds. The van der Waals surface area contributed by atoms with Crippen LogP contribution < -0.4 is 16.0 Å². The van der Waals surface area contributed by atoms with E-state index in [2.05, 4.69) is 25.8 Å². The molecule has 41 heavy (non-hydrogen) atoms. The summed E-state index contributed by atoms with van der Waals surface area (Å²) in [6.07, 6.45) is 4.50. The third-order valence-corrected chi connectivity index (χ3v) is 7.48. The maximum absolute atomic E-state index is 13.7. The van der Waals surface area contributed by atoms with Gasteiger partial charge in [-0.25, -0.2) is 0 Å². The Morgan fingerprint density at radius 2 is 1.80 bits per heavy atom. The van der Waals surface area contributed by atoms with Crippen molar-refractivity contribution in [3.63, 3.8) is 0 Å². The summed E-state index contributed by atoms with van der Waals surface area (Å²) in [6.45, 7) is 5.63. The number of nitrogens with one attached hydrogen (secondary N) is 3. The summed E-state index contributed by atoms with van der Waals surface area (Å²) < 4.78 is 41.1. The largest absolute Gasteiger partial charge is 0.416 e. The Morgan fingerprint density at radius 1 is 1.02 bits per heavy atom. The minimum absolute atomic E-state index is 0.0863. The SMILES string of the molecule is Cc1ccc(C(=O)Nc2cc(CN3CCN(C)CC3)cc(C(F)(F)F)c2)cc1CNC(=O)C1=CNC2C=CC=CN12. The van der Waals surface area contributed by atoms with Crippen LogP contribution in [0.2, 0.25) is 0 Å². The van der Waals surface area contributed by atoms with Crippen LogP contribution in [-0.2, 0) is 24.1 Å². The lowest BCUT2D eigenvalue weighted by Gasteiger charge is -2.32. The third-order valence-electron chi connectivity index (χ3n) is 7.48. The van der Waals surface area contributed by atoms with Gasteiger partial charge in [0.05, 0.1) is 5.56 Å². The number of fused-ring (bicyclic) bond motifs is 1. The molecule has 1 saturated heterocycles. The van der Waals surface area contributed by atoms with Crippen molar-refractivity contribution < 1.29 is 22.8 Å². The molecule has 0 aromatic heterocycles. The number of carbonyl (C=O) groups excluding carboxylic acids is 2. The van der Waals surface area contributed by atoms with Gasteiger partial charge in [0.1, 0.15) is 11.9 Å². The fourth-order valence-electron chi connectivity index (χ4n) is 5.04. The summed E-state index contributed by atoms with van der Waals surface area (Å²) in [5, 5.41) is 8.67. The number of rotatable bonds is 7. The maximum Gasteiger partial charge on any atom is 0.416 e. The van der Waals surface area contributed by atoms with E-state index in [9.17, 15) is 22.8 Å². The molecule has 1 atom stereocenters. The number of hydrogen-bond donors (Lipinski definition) is 3. The van der Waals surface area contributed by atoms with Gasteiger partial charge in [0.15, 0.2) is 0 Å². The highest BCUT2D eigenvalue weighted by Gasteiger charge is 2.32. The Hall–Kier alpha value is -4.09. The highest BCUT2D eigenvalue weighted by atomic mass is 19.4. The molecule has 3 heterocycles. The van der Waals surface area contributed by atoms with Crippen molar-refractivity contribution in [2.24, 2.45) is 0 Å². The predicted octanol–water partition coefficient (Wildman–Crippen LogP) is 3.79. The predicted molar refractivity (Wildman–Crippen MR) is 150 cm³/mol. The summed E-state index contributed by atoms with van der Waals surface area (Å²) in [4.78, 5) is 32.1. The van der Waals surface area contributed by atoms with Crippen molar-refractivity contribution in [3.05, 3.63) is 101 Å². The van der Waals surface area contributed by atoms with Crippen LogP contribution in [0, 0.1) is 6.92 Å². The fourth-order valence-corrected chi connectivity index (χ4v) is 5.04. The molecular formula is C30H33F3N6O2. The highest BCUT2D eigenvalue weighted by molar-refractivity contribution is 6.04. The van der Waals surface area contributed by atoms with Gasteiger partial charge in [0, 0.05) is 62.9 Å². The average molecular weight is 567 g/mol. The summed E-state index contributed by atoms with van der Waals surface area (Å²) in [7, 11) is 2.02. The van der Waals surface area contributed by atoms with E-state index in [1.54, 1.807) is 30.5 Å². The number of hydrogen-bond acceptors (Lipinski definition) is 6. The smallest absolute Gasteiger partial charge is 0.366 e. The topological polar surface area (TPSA) is 80.0 Å². The second-order valence-electron chi connectivity index (χ2n) is 10.5. The number of likely N-dealkylation sites (N-methyl/N-ethyl adjacent to an activating group) is 1. The Morgan fingerprint density at radius 3 is 2.56 bits per heavy atom. The first-order valence-corrected chi connectivity index (χ1v) is 13.5. The Bertz CT molecular complexity index is 1410. The summed E-state index contributed by atoms with van der Waals surface area (Å²) in [5.41, 5.74) is 2.12. The standard InChI is InChI=1S/C30H33F3N6O2/c1-20-6-7-22(15-23(20)17-35-29(41)26-18-34-27-5-3-4-8-39(26)27)28(40)36-25-14-21(13-24(16-25)30(31,32)33)19-38-11-9-37(2)10-12-38/h3-8,13-16,18,27,34H,9-12,17,19H2,1-2H3,(H,35,41)(H,36,40). The molecule has 0 spiro atoms. The average Bonchev–Trinajstić information content (AvgIpc) is 3.37. The molecule has 3 N–H and O–H groups in total. The van der Waals surface area contributed by atoms with E-state index in [0.717, 1.165) is 49.4 Å². The van der Waals surface area contributed by atoms with Crippen molar-refractivity contribution in [1.29, 1.82) is 0 Å². The number of piperazine rings is 1. The van der Waals surface area contributed by atoms with Gasteiger partial charge in [-0.1, -0.05) is 12.1 Å². The molecule has 216 valence electrons. The molecule has 3 aliphatic rings. The van der Waals surface area contributed by atoms with Crippen LogP contribution in [0.4, 0.5) is 18.9 Å². The summed E-state index contributed by atoms with van der Waals surface area (Å²) in [6, 6.07) is 8.73. The van der Waals surface area contributed by atoms with Crippen LogP contribution in [0.3, 0.4) is 0 Å². The zero-order valence-corrected chi connectivity index (χ0v) is 23.0. The third kappa shape index (κ3) is 6.80. The van der Waals surface area contributed by atoms with E-state index in [-0.39, 0.29) is 29.9 Å². The van der Waals surface area contributed by atoms with E-state index in [4.69, 9.17) is 0 Å². The molecule has 0 bridgehead atoms. The number of nitrogens with zero attached hydrogens (tertiary/aromatic N) is 3. The minimum Gasteiger partial charge on any atom is -0.366 e. The van der Waals surface area contributed by atoms with Crippen LogP contribution >= 0.6 is 0 Å². The van der Waals surface area contributed by atoms with Crippen molar-refractivity contribution in [2.75, 3.05) is 38.5 Å². The van der Waals surface area contributed by atoms with E-state index in [0.29, 0.717) is 17.8 Å². The zero-order valence-electron chi connectivity index (χ0n) is 23.0. The number of allylic oxidation sites excluding steroid dienone is 2. The number of aryl methyl sites for hydroxylation is 1. The Labute approximate surface area is 237 Å². The van der Waals surface area contributed by atoms with Crippen molar-refractivity contribution in [1.82, 2.24) is 25.3 Å². The summed E-state index contributed by atoms with van der Waals surface area (Å²) >= 11 is 0. The molecular weight excluding hydrogens is 533 g/mol. The molecule has 1 fully saturated rings. The number of amides is 2. The summed E-state index contributed by atoms with van der Waals surface area (Å²) in [5.74, 6) is -0.802. The lowest BCUT2D eigenvalue weighted by molar-refractivity contribution is -0.137. The van der Waals surface area contributed by atoms with Gasteiger partial charge in [-0.2, -0.15) is 13.2 Å².